The van der Waals surface area contributed by atoms with Crippen molar-refractivity contribution in [2.45, 2.75) is 72.0 Å². The number of benzene rings is 2. The lowest BCUT2D eigenvalue weighted by Crippen LogP contribution is -2.41. The average molecular weight is 507 g/mol. The Bertz CT molecular complexity index is 1370. The van der Waals surface area contributed by atoms with Gasteiger partial charge in [0.1, 0.15) is 0 Å². The Labute approximate surface area is 204 Å². The first-order valence-electron chi connectivity index (χ1n) is 11.6. The van der Waals surface area contributed by atoms with Crippen LogP contribution in [0.15, 0.2) is 40.9 Å². The van der Waals surface area contributed by atoms with Gasteiger partial charge in [-0.1, -0.05) is 36.7 Å². The van der Waals surface area contributed by atoms with E-state index in [0.29, 0.717) is 0 Å². The van der Waals surface area contributed by atoms with Crippen LogP contribution in [0.3, 0.4) is 0 Å². The summed E-state index contributed by atoms with van der Waals surface area (Å²) < 4.78 is 13.8. The first-order chi connectivity index (χ1) is 15.2. The summed E-state index contributed by atoms with van der Waals surface area (Å²) in [5.74, 6) is 0. The van der Waals surface area contributed by atoms with Gasteiger partial charge in [0.25, 0.3) is 0 Å². The predicted molar refractivity (Wildman–Crippen MR) is 142 cm³/mol. The molecule has 6 heteroatoms. The van der Waals surface area contributed by atoms with Crippen LogP contribution in [0.2, 0.25) is 0 Å². The highest BCUT2D eigenvalue weighted by Crippen LogP contribution is 2.39. The maximum Gasteiger partial charge on any atom is 0.512 e. The van der Waals surface area contributed by atoms with Gasteiger partial charge in [0.15, 0.2) is 0 Å². The number of hydrogen-bond acceptors (Lipinski definition) is 2. The minimum atomic E-state index is -0.423. The lowest BCUT2D eigenvalue weighted by molar-refractivity contribution is 0.00578. The van der Waals surface area contributed by atoms with Gasteiger partial charge in [-0.3, -0.25) is 0 Å². The molecule has 0 unspecified atom stereocenters. The van der Waals surface area contributed by atoms with Gasteiger partial charge in [0, 0.05) is 32.2 Å². The van der Waals surface area contributed by atoms with Crippen molar-refractivity contribution in [2.75, 3.05) is 0 Å². The second-order valence-corrected chi connectivity index (χ2v) is 12.3. The monoisotopic (exact) mass is 506 g/mol. The van der Waals surface area contributed by atoms with Crippen LogP contribution in [-0.4, -0.2) is 28.3 Å². The summed E-state index contributed by atoms with van der Waals surface area (Å²) in [5.41, 5.74) is 7.19. The van der Waals surface area contributed by atoms with Crippen LogP contribution >= 0.6 is 15.9 Å². The second-order valence-electron chi connectivity index (χ2n) is 11.4. The van der Waals surface area contributed by atoms with E-state index in [1.165, 1.54) is 16.5 Å². The molecule has 5 rings (SSSR count). The second kappa shape index (κ2) is 7.24. The maximum atomic E-state index is 6.33. The fourth-order valence-corrected chi connectivity index (χ4v) is 5.17. The molecule has 0 amide bonds. The van der Waals surface area contributed by atoms with Crippen molar-refractivity contribution in [3.8, 4) is 11.3 Å². The first kappa shape index (κ1) is 22.8. The van der Waals surface area contributed by atoms with Crippen molar-refractivity contribution < 1.29 is 9.31 Å². The molecule has 0 saturated carbocycles. The quantitative estimate of drug-likeness (QED) is 0.288. The van der Waals surface area contributed by atoms with Crippen LogP contribution in [0.1, 0.15) is 59.6 Å². The SMILES string of the molecule is Cc1cc(Br)c2cc(-c3cc(C(C)(C)C)cc4cc(B5OC(C)(C)C(C)(C)O5)[nH]c34)[nH]c2c1. The summed E-state index contributed by atoms with van der Waals surface area (Å²) in [6, 6.07) is 13.4. The number of aromatic nitrogens is 2. The third kappa shape index (κ3) is 3.76. The summed E-state index contributed by atoms with van der Waals surface area (Å²) in [7, 11) is -0.423. The molecule has 33 heavy (non-hydrogen) atoms. The van der Waals surface area contributed by atoms with E-state index in [-0.39, 0.29) is 16.6 Å². The summed E-state index contributed by atoms with van der Waals surface area (Å²) >= 11 is 3.74. The normalized spacial score (nSPS) is 18.0. The van der Waals surface area contributed by atoms with Gasteiger partial charge in [-0.25, -0.2) is 0 Å². The molecular weight excluding hydrogens is 475 g/mol. The average Bonchev–Trinajstić information content (AvgIpc) is 3.34. The minimum Gasteiger partial charge on any atom is -0.398 e. The summed E-state index contributed by atoms with van der Waals surface area (Å²) in [5, 5.41) is 2.35. The Balaban J connectivity index is 1.70. The molecule has 0 atom stereocenters. The fraction of sp³-hybridized carbons (Fsp3) is 0.407. The van der Waals surface area contributed by atoms with E-state index in [9.17, 15) is 0 Å². The van der Waals surface area contributed by atoms with Gasteiger partial charge in [0.05, 0.1) is 16.7 Å². The number of aromatic amines is 2. The molecule has 0 aliphatic carbocycles. The molecule has 172 valence electrons. The Hall–Kier alpha value is -2.02. The summed E-state index contributed by atoms with van der Waals surface area (Å²) in [6.07, 6.45) is 0. The number of hydrogen-bond donors (Lipinski definition) is 2. The Morgan fingerprint density at radius 3 is 2.18 bits per heavy atom. The fourth-order valence-electron chi connectivity index (χ4n) is 4.48. The van der Waals surface area contributed by atoms with E-state index in [1.807, 2.05) is 0 Å². The van der Waals surface area contributed by atoms with Crippen LogP contribution in [-0.2, 0) is 14.7 Å². The highest BCUT2D eigenvalue weighted by Gasteiger charge is 2.52. The molecular formula is C27H32BBrN2O2. The lowest BCUT2D eigenvalue weighted by atomic mass is 9.83. The molecule has 4 aromatic rings. The minimum absolute atomic E-state index is 0.0217. The molecule has 4 nitrogen and oxygen atoms in total. The van der Waals surface area contributed by atoms with Gasteiger partial charge >= 0.3 is 7.12 Å². The lowest BCUT2D eigenvalue weighted by Gasteiger charge is -2.32. The zero-order valence-electron chi connectivity index (χ0n) is 20.7. The molecule has 2 N–H and O–H groups in total. The van der Waals surface area contributed by atoms with Crippen molar-refractivity contribution in [3.05, 3.63) is 52.0 Å². The zero-order valence-corrected chi connectivity index (χ0v) is 22.3. The van der Waals surface area contributed by atoms with E-state index < -0.39 is 7.12 Å². The molecule has 2 aromatic heterocycles. The van der Waals surface area contributed by atoms with Gasteiger partial charge in [-0.15, -0.1) is 0 Å². The Kier molecular flexibility index (Phi) is 4.99. The highest BCUT2D eigenvalue weighted by atomic mass is 79.9. The van der Waals surface area contributed by atoms with Crippen molar-refractivity contribution in [3.63, 3.8) is 0 Å². The first-order valence-corrected chi connectivity index (χ1v) is 12.4. The maximum absolute atomic E-state index is 6.33. The zero-order chi connectivity index (χ0) is 23.9. The molecule has 0 bridgehead atoms. The van der Waals surface area contributed by atoms with Crippen molar-refractivity contribution in [1.29, 1.82) is 0 Å². The van der Waals surface area contributed by atoms with E-state index in [0.717, 1.165) is 37.7 Å². The highest BCUT2D eigenvalue weighted by molar-refractivity contribution is 9.10. The number of aryl methyl sites for hydroxylation is 1. The van der Waals surface area contributed by atoms with Crippen LogP contribution in [0.25, 0.3) is 33.1 Å². The van der Waals surface area contributed by atoms with E-state index in [2.05, 4.69) is 118 Å². The largest absolute Gasteiger partial charge is 0.512 e. The summed E-state index contributed by atoms with van der Waals surface area (Å²) in [6.45, 7) is 17.2. The molecule has 0 spiro atoms. The molecule has 1 aliphatic heterocycles. The third-order valence-corrected chi connectivity index (χ3v) is 7.90. The number of H-pyrrole nitrogens is 2. The number of fused-ring (bicyclic) bond motifs is 2. The third-order valence-electron chi connectivity index (χ3n) is 7.24. The van der Waals surface area contributed by atoms with Crippen molar-refractivity contribution in [1.82, 2.24) is 9.97 Å². The Morgan fingerprint density at radius 2 is 1.55 bits per heavy atom. The molecule has 2 aromatic carbocycles. The van der Waals surface area contributed by atoms with Gasteiger partial charge in [-0.05, 0) is 92.9 Å². The Morgan fingerprint density at radius 1 is 0.879 bits per heavy atom. The van der Waals surface area contributed by atoms with Crippen LogP contribution in [0.5, 0.6) is 0 Å². The van der Waals surface area contributed by atoms with Crippen LogP contribution in [0.4, 0.5) is 0 Å². The van der Waals surface area contributed by atoms with Gasteiger partial charge < -0.3 is 19.3 Å². The molecule has 3 heterocycles. The molecule has 1 aliphatic rings. The van der Waals surface area contributed by atoms with Crippen LogP contribution < -0.4 is 5.59 Å². The molecule has 1 saturated heterocycles. The van der Waals surface area contributed by atoms with Gasteiger partial charge in [0.2, 0.25) is 0 Å². The van der Waals surface area contributed by atoms with E-state index in [4.69, 9.17) is 9.31 Å². The number of nitrogens with one attached hydrogen (secondary N) is 2. The topological polar surface area (TPSA) is 50.0 Å². The number of rotatable bonds is 2. The number of halogens is 1. The van der Waals surface area contributed by atoms with Crippen molar-refractivity contribution >= 4 is 50.4 Å². The van der Waals surface area contributed by atoms with Crippen molar-refractivity contribution in [2.24, 2.45) is 0 Å². The van der Waals surface area contributed by atoms with Gasteiger partial charge in [-0.2, -0.15) is 0 Å². The smallest absolute Gasteiger partial charge is 0.398 e. The molecule has 0 radical (unpaired) electrons. The molecule has 1 fully saturated rings. The van der Waals surface area contributed by atoms with E-state index >= 15 is 0 Å². The van der Waals surface area contributed by atoms with E-state index in [1.54, 1.807) is 0 Å². The summed E-state index contributed by atoms with van der Waals surface area (Å²) in [4.78, 5) is 7.30. The standard InChI is InChI=1S/C27H32BBrN2O2/c1-15-9-20(29)18-14-22(30-21(18)10-15)19-13-17(25(2,3)4)11-16-12-23(31-24(16)19)28-32-26(5,6)27(7,8)33-28/h9-14,30-31H,1-8H3. The van der Waals surface area contributed by atoms with Crippen LogP contribution in [0, 0.1) is 6.92 Å². The predicted octanol–water partition coefficient (Wildman–Crippen LogP) is 6.98.